The van der Waals surface area contributed by atoms with E-state index in [0.29, 0.717) is 23.2 Å². The Hall–Kier alpha value is -3.53. The fourth-order valence-electron chi connectivity index (χ4n) is 2.90. The number of hydrogen-bond acceptors (Lipinski definition) is 8. The van der Waals surface area contributed by atoms with Crippen molar-refractivity contribution >= 4 is 23.9 Å². The lowest BCUT2D eigenvalue weighted by molar-refractivity contribution is -0.118. The molecule has 3 rings (SSSR count). The van der Waals surface area contributed by atoms with Gasteiger partial charge in [0.1, 0.15) is 17.2 Å². The van der Waals surface area contributed by atoms with Gasteiger partial charge in [-0.3, -0.25) is 4.79 Å². The van der Waals surface area contributed by atoms with Gasteiger partial charge in [-0.25, -0.2) is 5.43 Å². The highest BCUT2D eigenvalue weighted by Gasteiger charge is 2.14. The first kappa shape index (κ1) is 23.1. The Kier molecular flexibility index (Phi) is 8.09. The Morgan fingerprint density at radius 2 is 1.78 bits per heavy atom. The van der Waals surface area contributed by atoms with Crippen molar-refractivity contribution in [3.05, 3.63) is 48.0 Å². The summed E-state index contributed by atoms with van der Waals surface area (Å²) in [6.07, 6.45) is 1.52. The molecule has 9 nitrogen and oxygen atoms in total. The van der Waals surface area contributed by atoms with E-state index < -0.39 is 0 Å². The van der Waals surface area contributed by atoms with Crippen LogP contribution >= 0.6 is 11.8 Å². The summed E-state index contributed by atoms with van der Waals surface area (Å²) in [6, 6.07) is 12.9. The highest BCUT2D eigenvalue weighted by atomic mass is 32.2. The largest absolute Gasteiger partial charge is 0.497 e. The summed E-state index contributed by atoms with van der Waals surface area (Å²) in [5.74, 6) is 2.68. The van der Waals surface area contributed by atoms with E-state index in [1.165, 1.54) is 18.0 Å². The van der Waals surface area contributed by atoms with Crippen LogP contribution in [0.3, 0.4) is 0 Å². The van der Waals surface area contributed by atoms with Gasteiger partial charge in [-0.1, -0.05) is 11.8 Å². The maximum absolute atomic E-state index is 12.2. The van der Waals surface area contributed by atoms with Crippen molar-refractivity contribution in [1.82, 2.24) is 20.2 Å². The molecule has 1 aromatic heterocycles. The fraction of sp³-hybridized carbons (Fsp3) is 0.273. The number of nitrogens with zero attached hydrogens (tertiary/aromatic N) is 4. The Balaban J connectivity index is 1.60. The second-order valence-electron chi connectivity index (χ2n) is 6.47. The smallest absolute Gasteiger partial charge is 0.250 e. The summed E-state index contributed by atoms with van der Waals surface area (Å²) >= 11 is 1.30. The quantitative estimate of drug-likeness (QED) is 0.285. The topological polar surface area (TPSA) is 99.9 Å². The molecule has 2 aromatic carbocycles. The number of hydrazone groups is 1. The van der Waals surface area contributed by atoms with E-state index in [4.69, 9.17) is 14.2 Å². The lowest BCUT2D eigenvalue weighted by Crippen LogP contribution is -2.20. The molecule has 0 atom stereocenters. The summed E-state index contributed by atoms with van der Waals surface area (Å²) in [6.45, 7) is 2.68. The van der Waals surface area contributed by atoms with Gasteiger partial charge in [-0.2, -0.15) is 5.10 Å². The van der Waals surface area contributed by atoms with Gasteiger partial charge in [0.2, 0.25) is 0 Å². The zero-order valence-corrected chi connectivity index (χ0v) is 19.2. The van der Waals surface area contributed by atoms with Gasteiger partial charge in [0, 0.05) is 23.7 Å². The van der Waals surface area contributed by atoms with Crippen molar-refractivity contribution in [2.75, 3.05) is 27.1 Å². The fourth-order valence-corrected chi connectivity index (χ4v) is 3.69. The Morgan fingerprint density at radius 3 is 2.44 bits per heavy atom. The zero-order valence-electron chi connectivity index (χ0n) is 18.4. The van der Waals surface area contributed by atoms with Crippen LogP contribution in [0.25, 0.3) is 11.4 Å². The third-order valence-corrected chi connectivity index (χ3v) is 5.51. The minimum absolute atomic E-state index is 0.151. The van der Waals surface area contributed by atoms with Crippen molar-refractivity contribution in [3.63, 3.8) is 0 Å². The number of rotatable bonds is 10. The first-order chi connectivity index (χ1) is 15.6. The summed E-state index contributed by atoms with van der Waals surface area (Å²) < 4.78 is 17.7. The van der Waals surface area contributed by atoms with E-state index in [1.807, 2.05) is 35.8 Å². The van der Waals surface area contributed by atoms with Gasteiger partial charge in [-0.05, 0) is 43.3 Å². The number of aromatic nitrogens is 3. The Bertz CT molecular complexity index is 1080. The summed E-state index contributed by atoms with van der Waals surface area (Å²) in [4.78, 5) is 12.2. The number of amides is 1. The van der Waals surface area contributed by atoms with Crippen molar-refractivity contribution in [2.45, 2.75) is 18.6 Å². The molecule has 1 N–H and O–H groups in total. The molecule has 32 heavy (non-hydrogen) atoms. The summed E-state index contributed by atoms with van der Waals surface area (Å²) in [7, 11) is 4.77. The number of ether oxygens (including phenoxy) is 3. The van der Waals surface area contributed by atoms with Crippen LogP contribution in [-0.2, 0) is 11.3 Å². The van der Waals surface area contributed by atoms with Crippen molar-refractivity contribution in [3.8, 4) is 28.6 Å². The Labute approximate surface area is 190 Å². The van der Waals surface area contributed by atoms with Gasteiger partial charge >= 0.3 is 0 Å². The van der Waals surface area contributed by atoms with Crippen molar-refractivity contribution in [1.29, 1.82) is 0 Å². The number of benzene rings is 2. The summed E-state index contributed by atoms with van der Waals surface area (Å²) in [5, 5.41) is 13.2. The molecule has 3 aromatic rings. The van der Waals surface area contributed by atoms with E-state index in [0.717, 1.165) is 22.7 Å². The van der Waals surface area contributed by atoms with Crippen LogP contribution in [0.2, 0.25) is 0 Å². The lowest BCUT2D eigenvalue weighted by Gasteiger charge is -2.08. The summed E-state index contributed by atoms with van der Waals surface area (Å²) in [5.41, 5.74) is 4.17. The molecule has 0 unspecified atom stereocenters. The molecule has 1 heterocycles. The van der Waals surface area contributed by atoms with Crippen LogP contribution < -0.4 is 19.6 Å². The molecule has 0 aliphatic rings. The molecular formula is C22H25N5O4S. The predicted octanol–water partition coefficient (Wildman–Crippen LogP) is 3.23. The number of carbonyl (C=O) groups excluding carboxylic acids is 1. The molecule has 0 aliphatic carbocycles. The van der Waals surface area contributed by atoms with E-state index in [1.54, 1.807) is 39.5 Å². The predicted molar refractivity (Wildman–Crippen MR) is 124 cm³/mol. The normalized spacial score (nSPS) is 10.9. The molecule has 0 bridgehead atoms. The van der Waals surface area contributed by atoms with E-state index in [9.17, 15) is 4.79 Å². The zero-order chi connectivity index (χ0) is 22.9. The van der Waals surface area contributed by atoms with Gasteiger partial charge < -0.3 is 18.8 Å². The Morgan fingerprint density at radius 1 is 1.06 bits per heavy atom. The monoisotopic (exact) mass is 455 g/mol. The van der Waals surface area contributed by atoms with Crippen LogP contribution in [0.15, 0.2) is 52.7 Å². The van der Waals surface area contributed by atoms with E-state index in [2.05, 4.69) is 20.7 Å². The van der Waals surface area contributed by atoms with Crippen molar-refractivity contribution in [2.24, 2.45) is 5.10 Å². The second kappa shape index (κ2) is 11.2. The number of thioether (sulfide) groups is 1. The van der Waals surface area contributed by atoms with Crippen LogP contribution in [-0.4, -0.2) is 54.0 Å². The highest BCUT2D eigenvalue weighted by Crippen LogP contribution is 2.26. The maximum atomic E-state index is 12.2. The average Bonchev–Trinajstić information content (AvgIpc) is 3.25. The van der Waals surface area contributed by atoms with Gasteiger partial charge in [0.15, 0.2) is 11.0 Å². The maximum Gasteiger partial charge on any atom is 0.250 e. The second-order valence-corrected chi connectivity index (χ2v) is 7.41. The third-order valence-electron chi connectivity index (χ3n) is 4.55. The first-order valence-electron chi connectivity index (χ1n) is 9.84. The molecule has 1 amide bonds. The number of carbonyl (C=O) groups is 1. The minimum atomic E-state index is -0.254. The standard InChI is InChI=1S/C22H25N5O4S/c1-5-27-21(15-6-9-17(29-2)10-7-15)25-26-22(27)32-14-20(28)24-23-13-16-8-11-18(30-3)12-19(16)31-4/h6-13H,5,14H2,1-4H3,(H,24,28). The molecular weight excluding hydrogens is 430 g/mol. The SMILES string of the molecule is CCn1c(SCC(=O)NN=Cc2ccc(OC)cc2OC)nnc1-c1ccc(OC)cc1. The molecule has 0 fully saturated rings. The molecule has 0 saturated heterocycles. The third kappa shape index (κ3) is 5.58. The minimum Gasteiger partial charge on any atom is -0.497 e. The average molecular weight is 456 g/mol. The molecule has 10 heteroatoms. The van der Waals surface area contributed by atoms with Gasteiger partial charge in [-0.15, -0.1) is 10.2 Å². The number of methoxy groups -OCH3 is 3. The molecule has 0 spiro atoms. The highest BCUT2D eigenvalue weighted by molar-refractivity contribution is 7.99. The van der Waals surface area contributed by atoms with Crippen LogP contribution in [0.5, 0.6) is 17.2 Å². The molecule has 0 saturated carbocycles. The van der Waals surface area contributed by atoms with Crippen LogP contribution in [0.1, 0.15) is 12.5 Å². The van der Waals surface area contributed by atoms with Crippen LogP contribution in [0.4, 0.5) is 0 Å². The number of hydrogen-bond donors (Lipinski definition) is 1. The lowest BCUT2D eigenvalue weighted by atomic mass is 10.2. The number of nitrogens with one attached hydrogen (secondary N) is 1. The van der Waals surface area contributed by atoms with Gasteiger partial charge in [0.05, 0.1) is 33.3 Å². The molecule has 0 aliphatic heterocycles. The van der Waals surface area contributed by atoms with Crippen molar-refractivity contribution < 1.29 is 19.0 Å². The first-order valence-corrected chi connectivity index (χ1v) is 10.8. The van der Waals surface area contributed by atoms with Gasteiger partial charge in [0.25, 0.3) is 5.91 Å². The molecule has 168 valence electrons. The van der Waals surface area contributed by atoms with E-state index in [-0.39, 0.29) is 11.7 Å². The van der Waals surface area contributed by atoms with E-state index >= 15 is 0 Å². The molecule has 0 radical (unpaired) electrons. The van der Waals surface area contributed by atoms with Crippen LogP contribution in [0, 0.1) is 0 Å².